The first kappa shape index (κ1) is 20.1. The highest BCUT2D eigenvalue weighted by Gasteiger charge is 2.34. The highest BCUT2D eigenvalue weighted by Crippen LogP contribution is 2.37. The zero-order valence-corrected chi connectivity index (χ0v) is 18.7. The second-order valence-corrected chi connectivity index (χ2v) is 8.30. The van der Waals surface area contributed by atoms with E-state index in [-0.39, 0.29) is 5.91 Å². The van der Waals surface area contributed by atoms with Gasteiger partial charge >= 0.3 is 0 Å². The van der Waals surface area contributed by atoms with Crippen molar-refractivity contribution in [1.82, 2.24) is 19.7 Å². The third kappa shape index (κ3) is 3.80. The van der Waals surface area contributed by atoms with Gasteiger partial charge in [0.05, 0.1) is 5.57 Å². The number of anilines is 2. The number of halogens is 1. The zero-order chi connectivity index (χ0) is 22.1. The topological polar surface area (TPSA) is 84.7 Å². The second-order valence-electron chi connectivity index (χ2n) is 7.38. The van der Waals surface area contributed by atoms with Gasteiger partial charge in [-0.3, -0.25) is 9.78 Å². The number of amides is 1. The number of carbonyl (C=O) groups is 1. The lowest BCUT2D eigenvalue weighted by Crippen LogP contribution is -2.31. The summed E-state index contributed by atoms with van der Waals surface area (Å²) in [7, 11) is 0. The Morgan fingerprint density at radius 2 is 1.84 bits per heavy atom. The van der Waals surface area contributed by atoms with Gasteiger partial charge < -0.3 is 10.6 Å². The number of para-hydroxylation sites is 1. The van der Waals surface area contributed by atoms with Crippen LogP contribution in [0.15, 0.2) is 94.9 Å². The molecule has 3 heterocycles. The average Bonchev–Trinajstić information content (AvgIpc) is 3.23. The van der Waals surface area contributed by atoms with Crippen molar-refractivity contribution in [3.8, 4) is 11.4 Å². The van der Waals surface area contributed by atoms with Gasteiger partial charge in [0, 0.05) is 33.8 Å². The lowest BCUT2D eigenvalue weighted by atomic mass is 9.95. The maximum Gasteiger partial charge on any atom is 0.255 e. The molecule has 2 N–H and O–H groups in total. The lowest BCUT2D eigenvalue weighted by Gasteiger charge is -2.28. The van der Waals surface area contributed by atoms with Crippen LogP contribution in [0, 0.1) is 0 Å². The molecule has 4 aromatic rings. The summed E-state index contributed by atoms with van der Waals surface area (Å²) in [5.41, 5.74) is 3.76. The summed E-state index contributed by atoms with van der Waals surface area (Å²) >= 11 is 3.49. The maximum atomic E-state index is 13.4. The summed E-state index contributed by atoms with van der Waals surface area (Å²) < 4.78 is 2.72. The van der Waals surface area contributed by atoms with Crippen LogP contribution in [0.25, 0.3) is 11.4 Å². The molecule has 2 aromatic heterocycles. The Morgan fingerprint density at radius 3 is 2.56 bits per heavy atom. The van der Waals surface area contributed by atoms with Crippen molar-refractivity contribution in [2.45, 2.75) is 13.0 Å². The van der Waals surface area contributed by atoms with E-state index >= 15 is 0 Å². The van der Waals surface area contributed by atoms with Gasteiger partial charge in [0.1, 0.15) is 6.04 Å². The van der Waals surface area contributed by atoms with Gasteiger partial charge in [-0.15, -0.1) is 5.10 Å². The molecule has 0 aliphatic carbocycles. The molecule has 158 valence electrons. The Hall–Kier alpha value is -3.78. The van der Waals surface area contributed by atoms with Crippen LogP contribution in [0.3, 0.4) is 0 Å². The first-order valence-corrected chi connectivity index (χ1v) is 10.9. The van der Waals surface area contributed by atoms with Crippen LogP contribution in [0.4, 0.5) is 11.6 Å². The molecule has 0 saturated carbocycles. The quantitative estimate of drug-likeness (QED) is 0.422. The SMILES string of the molecule is CC1=C(C(=O)Nc2ccccc2)C(c2ccc(Br)cc2)n2nc(-c3cccnc3)nc2N1. The van der Waals surface area contributed by atoms with Crippen molar-refractivity contribution in [3.63, 3.8) is 0 Å². The summed E-state index contributed by atoms with van der Waals surface area (Å²) in [6, 6.07) is 20.6. The molecule has 5 rings (SSSR count). The van der Waals surface area contributed by atoms with Crippen molar-refractivity contribution >= 4 is 33.5 Å². The van der Waals surface area contributed by atoms with Gasteiger partial charge in [0.25, 0.3) is 5.91 Å². The minimum Gasteiger partial charge on any atom is -0.328 e. The van der Waals surface area contributed by atoms with E-state index < -0.39 is 6.04 Å². The molecule has 0 radical (unpaired) electrons. The summed E-state index contributed by atoms with van der Waals surface area (Å²) in [6.45, 7) is 1.88. The number of hydrogen-bond acceptors (Lipinski definition) is 5. The Bertz CT molecular complexity index is 1300. The van der Waals surface area contributed by atoms with E-state index in [1.165, 1.54) is 0 Å². The van der Waals surface area contributed by atoms with Crippen molar-refractivity contribution in [1.29, 1.82) is 0 Å². The van der Waals surface area contributed by atoms with Crippen molar-refractivity contribution in [3.05, 3.63) is 100 Å². The average molecular weight is 487 g/mol. The number of nitrogens with one attached hydrogen (secondary N) is 2. The molecular formula is C24H19BrN6O. The largest absolute Gasteiger partial charge is 0.328 e. The molecular weight excluding hydrogens is 468 g/mol. The van der Waals surface area contributed by atoms with Crippen molar-refractivity contribution in [2.75, 3.05) is 10.6 Å². The number of nitrogens with zero attached hydrogens (tertiary/aromatic N) is 4. The number of fused-ring (bicyclic) bond motifs is 1. The summed E-state index contributed by atoms with van der Waals surface area (Å²) in [5, 5.41) is 11.0. The molecule has 1 amide bonds. The first-order chi connectivity index (χ1) is 15.6. The fourth-order valence-corrected chi connectivity index (χ4v) is 4.00. The van der Waals surface area contributed by atoms with Crippen LogP contribution in [0.2, 0.25) is 0 Å². The number of aromatic nitrogens is 4. The Morgan fingerprint density at radius 1 is 1.06 bits per heavy atom. The van der Waals surface area contributed by atoms with Gasteiger partial charge in [0.15, 0.2) is 5.82 Å². The minimum atomic E-state index is -0.444. The maximum absolute atomic E-state index is 13.4. The molecule has 2 aromatic carbocycles. The van der Waals surface area contributed by atoms with E-state index in [1.54, 1.807) is 17.1 Å². The standard InChI is InChI=1S/C24H19BrN6O/c1-15-20(23(32)28-19-7-3-2-4-8-19)21(16-9-11-18(25)12-10-16)31-24(27-15)29-22(30-31)17-6-5-13-26-14-17/h2-14,21H,1H3,(H,28,32)(H,27,29,30). The smallest absolute Gasteiger partial charge is 0.255 e. The number of allylic oxidation sites excluding steroid dienone is 1. The fourth-order valence-electron chi connectivity index (χ4n) is 3.74. The monoisotopic (exact) mass is 486 g/mol. The highest BCUT2D eigenvalue weighted by atomic mass is 79.9. The minimum absolute atomic E-state index is 0.196. The van der Waals surface area contributed by atoms with Crippen molar-refractivity contribution in [2.24, 2.45) is 0 Å². The van der Waals surface area contributed by atoms with Crippen LogP contribution < -0.4 is 10.6 Å². The second kappa shape index (κ2) is 8.39. The van der Waals surface area contributed by atoms with E-state index in [2.05, 4.69) is 36.5 Å². The molecule has 0 spiro atoms. The van der Waals surface area contributed by atoms with E-state index in [1.807, 2.05) is 73.7 Å². The fraction of sp³-hybridized carbons (Fsp3) is 0.0833. The number of benzene rings is 2. The Balaban J connectivity index is 1.60. The summed E-state index contributed by atoms with van der Waals surface area (Å²) in [4.78, 5) is 22.3. The van der Waals surface area contributed by atoms with Gasteiger partial charge in [-0.05, 0) is 48.9 Å². The van der Waals surface area contributed by atoms with Gasteiger partial charge in [-0.2, -0.15) is 4.98 Å². The molecule has 32 heavy (non-hydrogen) atoms. The van der Waals surface area contributed by atoms with Crippen LogP contribution in [0.5, 0.6) is 0 Å². The van der Waals surface area contributed by atoms with Crippen LogP contribution in [-0.4, -0.2) is 25.7 Å². The Kier molecular flexibility index (Phi) is 5.28. The summed E-state index contributed by atoms with van der Waals surface area (Å²) in [6.07, 6.45) is 3.43. The molecule has 0 bridgehead atoms. The first-order valence-electron chi connectivity index (χ1n) is 10.1. The highest BCUT2D eigenvalue weighted by molar-refractivity contribution is 9.10. The predicted molar refractivity (Wildman–Crippen MR) is 127 cm³/mol. The van der Waals surface area contributed by atoms with Crippen LogP contribution in [0.1, 0.15) is 18.5 Å². The van der Waals surface area contributed by atoms with Crippen LogP contribution in [-0.2, 0) is 4.79 Å². The molecule has 7 nitrogen and oxygen atoms in total. The third-order valence-corrected chi connectivity index (χ3v) is 5.76. The molecule has 1 aliphatic heterocycles. The summed E-state index contributed by atoms with van der Waals surface area (Å²) in [5.74, 6) is 0.920. The third-order valence-electron chi connectivity index (χ3n) is 5.23. The zero-order valence-electron chi connectivity index (χ0n) is 17.2. The van der Waals surface area contributed by atoms with E-state index in [0.29, 0.717) is 17.3 Å². The predicted octanol–water partition coefficient (Wildman–Crippen LogP) is 5.03. The van der Waals surface area contributed by atoms with Crippen LogP contribution >= 0.6 is 15.9 Å². The van der Waals surface area contributed by atoms with E-state index in [9.17, 15) is 4.79 Å². The molecule has 0 saturated heterocycles. The number of hydrogen-bond donors (Lipinski definition) is 2. The normalized spacial score (nSPS) is 15.1. The lowest BCUT2D eigenvalue weighted by molar-refractivity contribution is -0.113. The van der Waals surface area contributed by atoms with Gasteiger partial charge in [-0.25, -0.2) is 4.68 Å². The number of rotatable bonds is 4. The van der Waals surface area contributed by atoms with Gasteiger partial charge in [-0.1, -0.05) is 46.3 Å². The van der Waals surface area contributed by atoms with E-state index in [4.69, 9.17) is 5.10 Å². The van der Waals surface area contributed by atoms with Gasteiger partial charge in [0.2, 0.25) is 5.95 Å². The van der Waals surface area contributed by atoms with Crippen molar-refractivity contribution < 1.29 is 4.79 Å². The number of pyridine rings is 1. The number of carbonyl (C=O) groups excluding carboxylic acids is 1. The molecule has 1 unspecified atom stereocenters. The molecule has 1 aliphatic rings. The van der Waals surface area contributed by atoms with E-state index in [0.717, 1.165) is 27.0 Å². The Labute approximate surface area is 193 Å². The molecule has 1 atom stereocenters. The molecule has 8 heteroatoms. The molecule has 0 fully saturated rings.